The Hall–Kier alpha value is -0.500. The van der Waals surface area contributed by atoms with Gasteiger partial charge in [0.05, 0.1) is 0 Å². The third-order valence-electron chi connectivity index (χ3n) is 2.74. The van der Waals surface area contributed by atoms with Crippen molar-refractivity contribution in [1.82, 2.24) is 9.80 Å². The molecule has 1 heterocycles. The quantitative estimate of drug-likeness (QED) is 0.600. The van der Waals surface area contributed by atoms with Gasteiger partial charge < -0.3 is 4.90 Å². The van der Waals surface area contributed by atoms with Crippen molar-refractivity contribution in [2.24, 2.45) is 0 Å². The molecule has 2 heteroatoms. The van der Waals surface area contributed by atoms with Gasteiger partial charge in [-0.15, -0.1) is 0 Å². The molecule has 0 N–H and O–H groups in total. The lowest BCUT2D eigenvalue weighted by molar-refractivity contribution is 0.166. The summed E-state index contributed by atoms with van der Waals surface area (Å²) < 4.78 is 0. The molecule has 0 bridgehead atoms. The molecule has 0 amide bonds. The van der Waals surface area contributed by atoms with Gasteiger partial charge in [0.25, 0.3) is 0 Å². The lowest BCUT2D eigenvalue weighted by atomic mass is 10.2. The molecule has 76 valence electrons. The van der Waals surface area contributed by atoms with Crippen LogP contribution in [0.2, 0.25) is 0 Å². The van der Waals surface area contributed by atoms with Crippen molar-refractivity contribution in [2.45, 2.75) is 26.2 Å². The van der Waals surface area contributed by atoms with Crippen LogP contribution >= 0.6 is 0 Å². The van der Waals surface area contributed by atoms with Crippen molar-refractivity contribution in [3.8, 4) is 0 Å². The van der Waals surface area contributed by atoms with E-state index >= 15 is 0 Å². The first-order chi connectivity index (χ1) is 6.36. The normalized spacial score (nSPS) is 19.0. The Kier molecular flexibility index (Phi) is 4.91. The minimum Gasteiger partial charge on any atom is -0.375 e. The van der Waals surface area contributed by atoms with Crippen molar-refractivity contribution < 1.29 is 0 Å². The van der Waals surface area contributed by atoms with Gasteiger partial charge in [-0.25, -0.2) is 0 Å². The average Bonchev–Trinajstić information content (AvgIpc) is 2.19. The molecule has 0 saturated carbocycles. The van der Waals surface area contributed by atoms with E-state index in [1.165, 1.54) is 38.9 Å². The fourth-order valence-corrected chi connectivity index (χ4v) is 1.75. The lowest BCUT2D eigenvalue weighted by Crippen LogP contribution is -2.44. The molecule has 0 spiro atoms. The van der Waals surface area contributed by atoms with Crippen LogP contribution in [-0.2, 0) is 0 Å². The highest BCUT2D eigenvalue weighted by atomic mass is 15.2. The summed E-state index contributed by atoms with van der Waals surface area (Å²) in [6.45, 7) is 12.1. The van der Waals surface area contributed by atoms with Crippen molar-refractivity contribution in [3.63, 3.8) is 0 Å². The first kappa shape index (κ1) is 10.6. The first-order valence-electron chi connectivity index (χ1n) is 5.45. The smallest absolute Gasteiger partial charge is 0.0300 e. The average molecular weight is 182 g/mol. The summed E-state index contributed by atoms with van der Waals surface area (Å²) in [5.74, 6) is 0. The highest BCUT2D eigenvalue weighted by molar-refractivity contribution is 4.78. The summed E-state index contributed by atoms with van der Waals surface area (Å²) in [7, 11) is 0. The fourth-order valence-electron chi connectivity index (χ4n) is 1.75. The Balaban J connectivity index is 2.07. The van der Waals surface area contributed by atoms with Crippen molar-refractivity contribution in [3.05, 3.63) is 12.8 Å². The second-order valence-electron chi connectivity index (χ2n) is 3.77. The zero-order valence-electron chi connectivity index (χ0n) is 8.84. The van der Waals surface area contributed by atoms with Gasteiger partial charge in [-0.1, -0.05) is 26.3 Å². The molecule has 2 nitrogen and oxygen atoms in total. The SMILES string of the molecule is C=CN1CCN(CCCCC)CC1. The molecule has 0 unspecified atom stereocenters. The maximum absolute atomic E-state index is 3.79. The molecule has 0 atom stereocenters. The van der Waals surface area contributed by atoms with Crippen molar-refractivity contribution >= 4 is 0 Å². The van der Waals surface area contributed by atoms with Gasteiger partial charge in [0.15, 0.2) is 0 Å². The van der Waals surface area contributed by atoms with E-state index in [2.05, 4.69) is 23.3 Å². The van der Waals surface area contributed by atoms with E-state index in [0.717, 1.165) is 13.1 Å². The van der Waals surface area contributed by atoms with E-state index in [0.29, 0.717) is 0 Å². The maximum Gasteiger partial charge on any atom is 0.0300 e. The third kappa shape index (κ3) is 3.81. The minimum atomic E-state index is 1.16. The van der Waals surface area contributed by atoms with E-state index in [-0.39, 0.29) is 0 Å². The van der Waals surface area contributed by atoms with Gasteiger partial charge >= 0.3 is 0 Å². The summed E-state index contributed by atoms with van der Waals surface area (Å²) in [6, 6.07) is 0. The molecule has 1 aliphatic heterocycles. The summed E-state index contributed by atoms with van der Waals surface area (Å²) >= 11 is 0. The van der Waals surface area contributed by atoms with Crippen LogP contribution in [0.1, 0.15) is 26.2 Å². The molecule has 0 aromatic heterocycles. The van der Waals surface area contributed by atoms with Gasteiger partial charge in [0.1, 0.15) is 0 Å². The summed E-state index contributed by atoms with van der Waals surface area (Å²) in [4.78, 5) is 4.87. The van der Waals surface area contributed by atoms with E-state index in [1.807, 2.05) is 6.20 Å². The Morgan fingerprint density at radius 3 is 2.38 bits per heavy atom. The fraction of sp³-hybridized carbons (Fsp3) is 0.818. The Bertz CT molecular complexity index is 137. The van der Waals surface area contributed by atoms with E-state index < -0.39 is 0 Å². The minimum absolute atomic E-state index is 1.16. The molecule has 1 saturated heterocycles. The van der Waals surface area contributed by atoms with E-state index in [4.69, 9.17) is 0 Å². The zero-order chi connectivity index (χ0) is 9.52. The standard InChI is InChI=1S/C11H22N2/c1-3-5-6-7-13-10-8-12(4-2)9-11-13/h4H,2-3,5-11H2,1H3. The highest BCUT2D eigenvalue weighted by Gasteiger charge is 2.12. The Morgan fingerprint density at radius 2 is 1.85 bits per heavy atom. The number of hydrogen-bond acceptors (Lipinski definition) is 2. The van der Waals surface area contributed by atoms with Gasteiger partial charge in [-0.3, -0.25) is 4.90 Å². The Morgan fingerprint density at radius 1 is 1.15 bits per heavy atom. The van der Waals surface area contributed by atoms with Gasteiger partial charge in [-0.05, 0) is 19.2 Å². The molecular weight excluding hydrogens is 160 g/mol. The van der Waals surface area contributed by atoms with Crippen LogP contribution in [0.4, 0.5) is 0 Å². The topological polar surface area (TPSA) is 6.48 Å². The summed E-state index contributed by atoms with van der Waals surface area (Å²) in [5.41, 5.74) is 0. The summed E-state index contributed by atoms with van der Waals surface area (Å²) in [6.07, 6.45) is 6.03. The first-order valence-corrected chi connectivity index (χ1v) is 5.45. The molecule has 0 aliphatic carbocycles. The summed E-state index contributed by atoms with van der Waals surface area (Å²) in [5, 5.41) is 0. The predicted octanol–water partition coefficient (Wildman–Crippen LogP) is 1.94. The van der Waals surface area contributed by atoms with Gasteiger partial charge in [0.2, 0.25) is 0 Å². The number of rotatable bonds is 5. The molecule has 0 aromatic rings. The molecule has 1 rings (SSSR count). The second kappa shape index (κ2) is 6.03. The second-order valence-corrected chi connectivity index (χ2v) is 3.77. The number of piperazine rings is 1. The largest absolute Gasteiger partial charge is 0.375 e. The zero-order valence-corrected chi connectivity index (χ0v) is 8.84. The van der Waals surface area contributed by atoms with Crippen LogP contribution < -0.4 is 0 Å². The number of nitrogens with zero attached hydrogens (tertiary/aromatic N) is 2. The van der Waals surface area contributed by atoms with Gasteiger partial charge in [0, 0.05) is 26.2 Å². The molecular formula is C11H22N2. The van der Waals surface area contributed by atoms with Gasteiger partial charge in [-0.2, -0.15) is 0 Å². The van der Waals surface area contributed by atoms with Crippen molar-refractivity contribution in [2.75, 3.05) is 32.7 Å². The van der Waals surface area contributed by atoms with Crippen LogP contribution in [0.25, 0.3) is 0 Å². The van der Waals surface area contributed by atoms with Crippen LogP contribution in [0.5, 0.6) is 0 Å². The van der Waals surface area contributed by atoms with Crippen molar-refractivity contribution in [1.29, 1.82) is 0 Å². The van der Waals surface area contributed by atoms with Crippen LogP contribution in [0.3, 0.4) is 0 Å². The maximum atomic E-state index is 3.79. The third-order valence-corrected chi connectivity index (χ3v) is 2.74. The van der Waals surface area contributed by atoms with Crippen LogP contribution in [0, 0.1) is 0 Å². The number of unbranched alkanes of at least 4 members (excludes halogenated alkanes) is 2. The van der Waals surface area contributed by atoms with Crippen LogP contribution in [0.15, 0.2) is 12.8 Å². The lowest BCUT2D eigenvalue weighted by Gasteiger charge is -2.33. The number of hydrogen-bond donors (Lipinski definition) is 0. The molecule has 1 aliphatic rings. The molecule has 0 radical (unpaired) electrons. The Labute approximate surface area is 82.2 Å². The van der Waals surface area contributed by atoms with Crippen LogP contribution in [-0.4, -0.2) is 42.5 Å². The van der Waals surface area contributed by atoms with E-state index in [9.17, 15) is 0 Å². The highest BCUT2D eigenvalue weighted by Crippen LogP contribution is 2.04. The molecule has 1 fully saturated rings. The molecule has 13 heavy (non-hydrogen) atoms. The molecule has 0 aromatic carbocycles. The van der Waals surface area contributed by atoms with E-state index in [1.54, 1.807) is 0 Å². The monoisotopic (exact) mass is 182 g/mol. The predicted molar refractivity (Wildman–Crippen MR) is 57.7 cm³/mol.